The zero-order valence-corrected chi connectivity index (χ0v) is 12.2. The summed E-state index contributed by atoms with van der Waals surface area (Å²) in [5, 5.41) is 3.54. The normalized spacial score (nSPS) is 10.5. The molecule has 0 radical (unpaired) electrons. The smallest absolute Gasteiger partial charge is 0.0992 e. The van der Waals surface area contributed by atoms with Gasteiger partial charge in [0.15, 0.2) is 0 Å². The van der Waals surface area contributed by atoms with Crippen LogP contribution in [-0.2, 0) is 13.0 Å². The van der Waals surface area contributed by atoms with Crippen LogP contribution in [0, 0.1) is 0 Å². The predicted molar refractivity (Wildman–Crippen MR) is 86.7 cm³/mol. The Labute approximate surface area is 125 Å². The van der Waals surface area contributed by atoms with Crippen molar-refractivity contribution in [2.24, 2.45) is 0 Å². The first-order chi connectivity index (χ1) is 10.4. The van der Waals surface area contributed by atoms with E-state index in [-0.39, 0.29) is 0 Å². The monoisotopic (exact) mass is 277 g/mol. The lowest BCUT2D eigenvalue weighted by Gasteiger charge is -2.14. The fraction of sp³-hybridized carbons (Fsp3) is 0.167. The topological polar surface area (TPSA) is 29.9 Å². The molecule has 1 heterocycles. The van der Waals surface area contributed by atoms with E-state index < -0.39 is 0 Å². The van der Waals surface area contributed by atoms with Crippen molar-refractivity contribution >= 4 is 5.69 Å². The van der Waals surface area contributed by atoms with Crippen LogP contribution in [0.4, 0.5) is 5.69 Å². The molecule has 0 saturated heterocycles. The summed E-state index contributed by atoms with van der Waals surface area (Å²) in [4.78, 5) is 4.12. The third-order valence-electron chi connectivity index (χ3n) is 3.66. The van der Waals surface area contributed by atoms with Gasteiger partial charge in [-0.05, 0) is 29.7 Å². The van der Waals surface area contributed by atoms with Crippen molar-refractivity contribution in [3.63, 3.8) is 0 Å². The third kappa shape index (κ3) is 2.97. The third-order valence-corrected chi connectivity index (χ3v) is 3.66. The quantitative estimate of drug-likeness (QED) is 0.762. The van der Waals surface area contributed by atoms with Crippen molar-refractivity contribution in [1.29, 1.82) is 0 Å². The Morgan fingerprint density at radius 3 is 2.52 bits per heavy atom. The highest BCUT2D eigenvalue weighted by molar-refractivity contribution is 5.61. The fourth-order valence-corrected chi connectivity index (χ4v) is 2.52. The van der Waals surface area contributed by atoms with Crippen LogP contribution in [0.3, 0.4) is 0 Å². The molecule has 0 saturated carbocycles. The van der Waals surface area contributed by atoms with Gasteiger partial charge in [0, 0.05) is 18.9 Å². The molecule has 3 rings (SSSR count). The lowest BCUT2D eigenvalue weighted by atomic mass is 10.1. The SMILES string of the molecule is CCc1ccccc1CNc1ccccc1-n1ccnc1. The maximum Gasteiger partial charge on any atom is 0.0992 e. The van der Waals surface area contributed by atoms with Gasteiger partial charge in [-0.2, -0.15) is 0 Å². The number of rotatable bonds is 5. The van der Waals surface area contributed by atoms with Gasteiger partial charge in [-0.3, -0.25) is 0 Å². The number of imidazole rings is 1. The molecule has 21 heavy (non-hydrogen) atoms. The summed E-state index contributed by atoms with van der Waals surface area (Å²) >= 11 is 0. The molecule has 3 aromatic rings. The van der Waals surface area contributed by atoms with Crippen LogP contribution in [0.2, 0.25) is 0 Å². The highest BCUT2D eigenvalue weighted by Crippen LogP contribution is 2.21. The molecule has 106 valence electrons. The summed E-state index contributed by atoms with van der Waals surface area (Å²) in [5.41, 5.74) is 4.97. The minimum absolute atomic E-state index is 0.829. The largest absolute Gasteiger partial charge is 0.379 e. The first-order valence-corrected chi connectivity index (χ1v) is 7.26. The summed E-state index contributed by atoms with van der Waals surface area (Å²) in [7, 11) is 0. The molecule has 0 atom stereocenters. The Bertz CT molecular complexity index is 702. The maximum absolute atomic E-state index is 4.12. The second-order valence-electron chi connectivity index (χ2n) is 4.96. The average molecular weight is 277 g/mol. The van der Waals surface area contributed by atoms with Crippen LogP contribution in [-0.4, -0.2) is 9.55 Å². The number of anilines is 1. The zero-order chi connectivity index (χ0) is 14.5. The van der Waals surface area contributed by atoms with Gasteiger partial charge >= 0.3 is 0 Å². The van der Waals surface area contributed by atoms with Crippen molar-refractivity contribution in [2.45, 2.75) is 19.9 Å². The number of nitrogens with zero attached hydrogens (tertiary/aromatic N) is 2. The highest BCUT2D eigenvalue weighted by Gasteiger charge is 2.04. The molecule has 0 aliphatic rings. The molecule has 2 aromatic carbocycles. The van der Waals surface area contributed by atoms with Crippen molar-refractivity contribution < 1.29 is 0 Å². The standard InChI is InChI=1S/C18H19N3/c1-2-15-7-3-4-8-16(15)13-20-17-9-5-6-10-18(17)21-12-11-19-14-21/h3-12,14,20H,2,13H2,1H3. The molecule has 1 aromatic heterocycles. The van der Waals surface area contributed by atoms with Gasteiger partial charge in [-0.25, -0.2) is 4.98 Å². The maximum atomic E-state index is 4.12. The number of hydrogen-bond donors (Lipinski definition) is 1. The Morgan fingerprint density at radius 1 is 1.00 bits per heavy atom. The second-order valence-corrected chi connectivity index (χ2v) is 4.96. The van der Waals surface area contributed by atoms with Gasteiger partial charge in [0.25, 0.3) is 0 Å². The number of benzene rings is 2. The molecule has 3 nitrogen and oxygen atoms in total. The molecule has 0 bridgehead atoms. The molecule has 0 unspecified atom stereocenters. The number of aryl methyl sites for hydroxylation is 1. The molecular weight excluding hydrogens is 258 g/mol. The lowest BCUT2D eigenvalue weighted by molar-refractivity contribution is 1.02. The molecule has 1 N–H and O–H groups in total. The first kappa shape index (κ1) is 13.4. The minimum atomic E-state index is 0.829. The number of para-hydroxylation sites is 2. The van der Waals surface area contributed by atoms with E-state index in [9.17, 15) is 0 Å². The summed E-state index contributed by atoms with van der Waals surface area (Å²) < 4.78 is 2.02. The number of aromatic nitrogens is 2. The summed E-state index contributed by atoms with van der Waals surface area (Å²) in [6, 6.07) is 16.9. The molecule has 0 spiro atoms. The Hall–Kier alpha value is -2.55. The van der Waals surface area contributed by atoms with Gasteiger partial charge in [-0.1, -0.05) is 43.3 Å². The van der Waals surface area contributed by atoms with Crippen LogP contribution < -0.4 is 5.32 Å². The Kier molecular flexibility index (Phi) is 4.01. The van der Waals surface area contributed by atoms with Crippen molar-refractivity contribution in [3.05, 3.63) is 78.4 Å². The van der Waals surface area contributed by atoms with Crippen LogP contribution in [0.25, 0.3) is 5.69 Å². The molecule has 0 aliphatic heterocycles. The minimum Gasteiger partial charge on any atom is -0.379 e. The summed E-state index contributed by atoms with van der Waals surface area (Å²) in [6.07, 6.45) is 6.63. The van der Waals surface area contributed by atoms with Crippen molar-refractivity contribution in [2.75, 3.05) is 5.32 Å². The zero-order valence-electron chi connectivity index (χ0n) is 12.2. The van der Waals surface area contributed by atoms with E-state index in [1.54, 1.807) is 6.20 Å². The molecule has 3 heteroatoms. The number of nitrogens with one attached hydrogen (secondary N) is 1. The van der Waals surface area contributed by atoms with E-state index in [2.05, 4.69) is 59.7 Å². The second kappa shape index (κ2) is 6.27. The van der Waals surface area contributed by atoms with Crippen LogP contribution in [0.5, 0.6) is 0 Å². The van der Waals surface area contributed by atoms with Gasteiger partial charge in [0.05, 0.1) is 17.7 Å². The molecule has 0 aliphatic carbocycles. The number of hydrogen-bond acceptors (Lipinski definition) is 2. The van der Waals surface area contributed by atoms with E-state index in [1.807, 2.05) is 23.2 Å². The van der Waals surface area contributed by atoms with Crippen LogP contribution >= 0.6 is 0 Å². The lowest BCUT2D eigenvalue weighted by Crippen LogP contribution is -2.05. The van der Waals surface area contributed by atoms with E-state index in [4.69, 9.17) is 0 Å². The van der Waals surface area contributed by atoms with Crippen LogP contribution in [0.15, 0.2) is 67.3 Å². The molecule has 0 amide bonds. The fourth-order valence-electron chi connectivity index (χ4n) is 2.52. The summed E-state index contributed by atoms with van der Waals surface area (Å²) in [5.74, 6) is 0. The van der Waals surface area contributed by atoms with Crippen molar-refractivity contribution in [1.82, 2.24) is 9.55 Å². The first-order valence-electron chi connectivity index (χ1n) is 7.26. The van der Waals surface area contributed by atoms with Crippen molar-refractivity contribution in [3.8, 4) is 5.69 Å². The average Bonchev–Trinajstić information content (AvgIpc) is 3.08. The molecular formula is C18H19N3. The highest BCUT2D eigenvalue weighted by atomic mass is 15.0. The summed E-state index contributed by atoms with van der Waals surface area (Å²) in [6.45, 7) is 3.02. The van der Waals surface area contributed by atoms with E-state index in [0.29, 0.717) is 0 Å². The Balaban J connectivity index is 1.83. The van der Waals surface area contributed by atoms with E-state index in [1.165, 1.54) is 11.1 Å². The van der Waals surface area contributed by atoms with Gasteiger partial charge < -0.3 is 9.88 Å². The van der Waals surface area contributed by atoms with Gasteiger partial charge in [-0.15, -0.1) is 0 Å². The van der Waals surface area contributed by atoms with Crippen LogP contribution in [0.1, 0.15) is 18.1 Å². The predicted octanol–water partition coefficient (Wildman–Crippen LogP) is 4.05. The Morgan fingerprint density at radius 2 is 1.76 bits per heavy atom. The van der Waals surface area contributed by atoms with Gasteiger partial charge in [0.1, 0.15) is 0 Å². The van der Waals surface area contributed by atoms with E-state index >= 15 is 0 Å². The molecule has 0 fully saturated rings. The van der Waals surface area contributed by atoms with E-state index in [0.717, 1.165) is 24.3 Å². The van der Waals surface area contributed by atoms with Gasteiger partial charge in [0.2, 0.25) is 0 Å².